The van der Waals surface area contributed by atoms with E-state index in [0.717, 1.165) is 86.6 Å². The van der Waals surface area contributed by atoms with Crippen molar-refractivity contribution in [2.75, 3.05) is 35.2 Å². The van der Waals surface area contributed by atoms with E-state index >= 15 is 0 Å². The Morgan fingerprint density at radius 2 is 1.81 bits per heavy atom. The Morgan fingerprint density at radius 3 is 2.62 bits per heavy atom. The lowest BCUT2D eigenvalue weighted by molar-refractivity contribution is -0.0170. The number of pyridine rings is 1. The molecule has 1 unspecified atom stereocenters. The predicted octanol–water partition coefficient (Wildman–Crippen LogP) is 12.1. The molecule has 3 aromatic carbocycles. The zero-order chi connectivity index (χ0) is 46.3. The molecule has 2 saturated heterocycles. The maximum absolute atomic E-state index is 14.3. The maximum atomic E-state index is 14.3. The van der Waals surface area contributed by atoms with Crippen molar-refractivity contribution in [1.29, 1.82) is 0 Å². The third kappa shape index (κ3) is 8.09. The number of allylic oxidation sites excluding steroid dienone is 2. The molecule has 2 bridgehead atoms. The van der Waals surface area contributed by atoms with Gasteiger partial charge in [-0.3, -0.25) is 14.4 Å². The van der Waals surface area contributed by atoms with E-state index < -0.39 is 5.60 Å². The normalized spacial score (nSPS) is 28.9. The van der Waals surface area contributed by atoms with Crippen molar-refractivity contribution in [3.05, 3.63) is 106 Å². The maximum Gasteiger partial charge on any atom is 0.265 e. The minimum Gasteiger partial charge on any atom is -0.489 e. The Bertz CT molecular complexity index is 2820. The van der Waals surface area contributed by atoms with Gasteiger partial charge in [-0.2, -0.15) is 0 Å². The minimum atomic E-state index is -0.634. The van der Waals surface area contributed by atoms with Crippen LogP contribution in [0.15, 0.2) is 94.4 Å². The van der Waals surface area contributed by atoms with Crippen LogP contribution < -0.4 is 29.7 Å². The molecular formula is C54H62N8O5S. The second kappa shape index (κ2) is 17.1. The number of piperidine rings is 1. The number of hydrogen-bond acceptors (Lipinski definition) is 12. The summed E-state index contributed by atoms with van der Waals surface area (Å²) in [4.78, 5) is 40.9. The van der Waals surface area contributed by atoms with Gasteiger partial charge in [-0.05, 0) is 172 Å². The SMILES string of the molecule is CC(C)c1ccccc1[C@H]1CCCN1C1CC2(CCN3/C(=C(/C4CC4)Nc4nc5[nH]ccc5cc4Oc4cc3ccc4C(=O)NSc3cc(N=O)c4c(c3)OCC([C@H]3CC[C@](C)(O)CC3)N4)C2)C1. The lowest BCUT2D eigenvalue weighted by Gasteiger charge is -2.57. The number of nitrogens with one attached hydrogen (secondary N) is 4. The van der Waals surface area contributed by atoms with Crippen molar-refractivity contribution in [3.63, 3.8) is 0 Å². The summed E-state index contributed by atoms with van der Waals surface area (Å²) in [7, 11) is 0. The zero-order valence-electron chi connectivity index (χ0n) is 39.3. The molecule has 5 aromatic rings. The summed E-state index contributed by atoms with van der Waals surface area (Å²) in [6, 6.07) is 23.7. The van der Waals surface area contributed by atoms with Crippen LogP contribution in [-0.4, -0.2) is 63.3 Å². The Morgan fingerprint density at radius 1 is 0.971 bits per heavy atom. The summed E-state index contributed by atoms with van der Waals surface area (Å²) in [6.45, 7) is 9.03. The number of H-pyrrole nitrogens is 1. The Labute approximate surface area is 402 Å². The quantitative estimate of drug-likeness (QED) is 0.0708. The summed E-state index contributed by atoms with van der Waals surface area (Å²) >= 11 is 1.11. The van der Waals surface area contributed by atoms with Crippen LogP contribution in [0.25, 0.3) is 11.0 Å². The van der Waals surface area contributed by atoms with Gasteiger partial charge in [0.1, 0.15) is 35.1 Å². The number of amides is 1. The molecule has 68 heavy (non-hydrogen) atoms. The average Bonchev–Trinajstić information content (AvgIpc) is 3.88. The van der Waals surface area contributed by atoms with E-state index in [1.54, 1.807) is 6.07 Å². The van der Waals surface area contributed by atoms with E-state index in [1.165, 1.54) is 54.7 Å². The van der Waals surface area contributed by atoms with E-state index in [4.69, 9.17) is 14.5 Å². The van der Waals surface area contributed by atoms with Crippen molar-refractivity contribution in [3.8, 4) is 17.2 Å². The first kappa shape index (κ1) is 43.7. The standard InChI is InChI=1S/C54H62N8O5S/c1-31(2)38-7-4-5-8-39(38)43-9-6-21-61(43)36-27-54(28-36)19-22-62-35-12-13-40(45(24-35)67-47-23-34-16-20-55-50(34)58-51(47)57-48(33-10-11-33)44(62)29-54)52(63)60-68-37-25-41(59-65)49-46(26-37)66-30-42(56-49)32-14-17-53(3,64)18-15-32/h4-5,7-8,12-13,16,20,23-26,31-33,36,42-43,56,64H,6,9-11,14-15,17-19,21-22,27-30H2,1-3H3,(H,60,63)(H2,55,57,58)/b48-44-/t32-,36?,42?,43-,53-,54?/m1/s1. The number of carbonyl (C=O) groups is 1. The van der Waals surface area contributed by atoms with Crippen molar-refractivity contribution in [2.45, 2.75) is 132 Å². The first-order chi connectivity index (χ1) is 33.0. The molecule has 7 aliphatic rings. The minimum absolute atomic E-state index is 0.0119. The second-order valence-corrected chi connectivity index (χ2v) is 22.3. The number of nitrogens with zero attached hydrogens (tertiary/aromatic N) is 4. The number of nitroso groups, excluding NO2 is 1. The van der Waals surface area contributed by atoms with E-state index in [2.05, 4.69) is 79.5 Å². The topological polar surface area (TPSA) is 156 Å². The molecule has 3 aliphatic carbocycles. The smallest absolute Gasteiger partial charge is 0.265 e. The van der Waals surface area contributed by atoms with Gasteiger partial charge >= 0.3 is 0 Å². The average molecular weight is 935 g/mol. The highest BCUT2D eigenvalue weighted by atomic mass is 32.2. The van der Waals surface area contributed by atoms with Crippen LogP contribution >= 0.6 is 11.9 Å². The number of anilines is 3. The van der Waals surface area contributed by atoms with Crippen molar-refractivity contribution >= 4 is 51.8 Å². The van der Waals surface area contributed by atoms with Crippen LogP contribution in [0.4, 0.5) is 22.9 Å². The fraction of sp³-hybridized carbons (Fsp3) is 0.481. The molecule has 13 nitrogen and oxygen atoms in total. The molecule has 6 heterocycles. The number of rotatable bonds is 9. The van der Waals surface area contributed by atoms with Crippen LogP contribution in [0, 0.1) is 22.2 Å². The lowest BCUT2D eigenvalue weighted by atomic mass is 9.59. The Hall–Kier alpha value is -5.57. The molecule has 1 spiro atoms. The monoisotopic (exact) mass is 934 g/mol. The third-order valence-corrected chi connectivity index (χ3v) is 17.2. The highest BCUT2D eigenvalue weighted by Crippen LogP contribution is 2.58. The summed E-state index contributed by atoms with van der Waals surface area (Å²) in [5.41, 5.74) is 8.13. The number of aromatic nitrogens is 2. The Kier molecular flexibility index (Phi) is 11.0. The number of hydrogen-bond donors (Lipinski definition) is 5. The summed E-state index contributed by atoms with van der Waals surface area (Å²) < 4.78 is 16.1. The highest BCUT2D eigenvalue weighted by molar-refractivity contribution is 7.98. The molecule has 14 heteroatoms. The fourth-order valence-electron chi connectivity index (χ4n) is 12.5. The van der Waals surface area contributed by atoms with Crippen LogP contribution in [0.1, 0.15) is 131 Å². The fourth-order valence-corrected chi connectivity index (χ4v) is 13.2. The first-order valence-electron chi connectivity index (χ1n) is 25.0. The van der Waals surface area contributed by atoms with Crippen molar-refractivity contribution in [2.24, 2.45) is 22.4 Å². The van der Waals surface area contributed by atoms with Crippen LogP contribution in [0.5, 0.6) is 17.2 Å². The number of aromatic amines is 1. The van der Waals surface area contributed by atoms with Gasteiger partial charge in [0.15, 0.2) is 11.6 Å². The molecule has 3 saturated carbocycles. The van der Waals surface area contributed by atoms with Crippen LogP contribution in [0.3, 0.4) is 0 Å². The summed E-state index contributed by atoms with van der Waals surface area (Å²) in [5.74, 6) is 3.04. The van der Waals surface area contributed by atoms with Gasteiger partial charge in [0.25, 0.3) is 5.91 Å². The van der Waals surface area contributed by atoms with Crippen LogP contribution in [0.2, 0.25) is 0 Å². The van der Waals surface area contributed by atoms with Gasteiger partial charge in [0.05, 0.1) is 17.2 Å². The number of ether oxygens (including phenoxy) is 2. The van der Waals surface area contributed by atoms with Gasteiger partial charge in [0.2, 0.25) is 0 Å². The van der Waals surface area contributed by atoms with Gasteiger partial charge in [0, 0.05) is 64.2 Å². The molecule has 2 aromatic heterocycles. The third-order valence-electron chi connectivity index (χ3n) is 16.4. The number of benzene rings is 3. The lowest BCUT2D eigenvalue weighted by Crippen LogP contribution is -2.54. The summed E-state index contributed by atoms with van der Waals surface area (Å²) in [5, 5.41) is 22.2. The second-order valence-electron chi connectivity index (χ2n) is 21.4. The molecular weight excluding hydrogens is 873 g/mol. The first-order valence-corrected chi connectivity index (χ1v) is 25.8. The largest absolute Gasteiger partial charge is 0.489 e. The molecule has 2 atom stereocenters. The number of fused-ring (bicyclic) bond motifs is 7. The molecule has 4 aliphatic heterocycles. The van der Waals surface area contributed by atoms with Crippen molar-refractivity contribution < 1.29 is 19.4 Å². The molecule has 5 N–H and O–H groups in total. The molecule has 12 rings (SSSR count). The van der Waals surface area contributed by atoms with E-state index in [0.29, 0.717) is 75.7 Å². The van der Waals surface area contributed by atoms with Gasteiger partial charge in [-0.25, -0.2) is 4.98 Å². The number of likely N-dealkylation sites (tertiary alicyclic amines) is 1. The van der Waals surface area contributed by atoms with E-state index in [1.807, 2.05) is 43.5 Å². The molecule has 5 fully saturated rings. The zero-order valence-corrected chi connectivity index (χ0v) is 40.1. The molecule has 354 valence electrons. The Balaban J connectivity index is 0.815. The summed E-state index contributed by atoms with van der Waals surface area (Å²) in [6.07, 6.45) is 14.3. The van der Waals surface area contributed by atoms with E-state index in [-0.39, 0.29) is 23.1 Å². The van der Waals surface area contributed by atoms with Gasteiger partial charge in [-0.1, -0.05) is 38.1 Å². The van der Waals surface area contributed by atoms with Crippen molar-refractivity contribution in [1.82, 2.24) is 19.6 Å². The molecule has 0 radical (unpaired) electrons. The number of carbonyl (C=O) groups excluding carboxylic acids is 1. The van der Waals surface area contributed by atoms with Gasteiger partial charge < -0.3 is 35.1 Å². The number of aliphatic hydroxyl groups is 1. The highest BCUT2D eigenvalue weighted by Gasteiger charge is 2.52. The van der Waals surface area contributed by atoms with Gasteiger partial charge in [-0.15, -0.1) is 4.91 Å². The van der Waals surface area contributed by atoms with E-state index in [9.17, 15) is 14.8 Å². The van der Waals surface area contributed by atoms with Crippen LogP contribution in [-0.2, 0) is 0 Å². The molecule has 1 amide bonds. The predicted molar refractivity (Wildman–Crippen MR) is 268 cm³/mol.